The summed E-state index contributed by atoms with van der Waals surface area (Å²) >= 11 is 3.36. The fourth-order valence-corrected chi connectivity index (χ4v) is 5.94. The molecule has 1 fully saturated rings. The van der Waals surface area contributed by atoms with Crippen molar-refractivity contribution in [1.82, 2.24) is 9.55 Å². The molecule has 24 heavy (non-hydrogen) atoms. The highest BCUT2D eigenvalue weighted by Crippen LogP contribution is 2.35. The van der Waals surface area contributed by atoms with E-state index in [1.807, 2.05) is 0 Å². The zero-order chi connectivity index (χ0) is 16.5. The zero-order valence-corrected chi connectivity index (χ0v) is 15.4. The molecule has 0 amide bonds. The summed E-state index contributed by atoms with van der Waals surface area (Å²) < 4.78 is 7.60. The Bertz CT molecular complexity index is 819. The van der Waals surface area contributed by atoms with E-state index in [2.05, 4.69) is 6.58 Å². The average Bonchev–Trinajstić information content (AvgIpc) is 3.17. The third-order valence-electron chi connectivity index (χ3n) is 4.77. The normalized spacial score (nSPS) is 20.4. The fourth-order valence-electron chi connectivity index (χ4n) is 3.56. The Hall–Kier alpha value is -1.11. The molecule has 0 aromatic carbocycles. The number of ether oxygens (including phenoxy) is 1. The lowest BCUT2D eigenvalue weighted by molar-refractivity contribution is 0.0315. The van der Waals surface area contributed by atoms with Gasteiger partial charge in [-0.2, -0.15) is 0 Å². The number of aromatic nitrogens is 2. The highest BCUT2D eigenvalue weighted by molar-refractivity contribution is 7.99. The number of aryl methyl sites for hydroxylation is 2. The fraction of sp³-hybridized carbons (Fsp3) is 0.556. The van der Waals surface area contributed by atoms with Gasteiger partial charge in [-0.05, 0) is 44.1 Å². The lowest BCUT2D eigenvalue weighted by atomic mass is 10.1. The number of fused-ring (bicyclic) bond motifs is 3. The third kappa shape index (κ3) is 2.95. The number of hydrogen-bond donors (Lipinski definition) is 0. The van der Waals surface area contributed by atoms with Crippen molar-refractivity contribution in [2.45, 2.75) is 56.3 Å². The highest BCUT2D eigenvalue weighted by Gasteiger charge is 2.23. The van der Waals surface area contributed by atoms with Crippen LogP contribution < -0.4 is 5.56 Å². The van der Waals surface area contributed by atoms with Gasteiger partial charge in [0.15, 0.2) is 5.16 Å². The van der Waals surface area contributed by atoms with Crippen molar-refractivity contribution >= 4 is 33.3 Å². The van der Waals surface area contributed by atoms with Crippen LogP contribution in [0.3, 0.4) is 0 Å². The number of allylic oxidation sites excluding steroid dienone is 1. The second-order valence-electron chi connectivity index (χ2n) is 6.44. The molecule has 0 spiro atoms. The molecule has 3 heterocycles. The number of thiophene rings is 1. The van der Waals surface area contributed by atoms with Crippen LogP contribution in [-0.4, -0.2) is 28.0 Å². The van der Waals surface area contributed by atoms with E-state index in [1.54, 1.807) is 33.7 Å². The molecule has 6 heteroatoms. The van der Waals surface area contributed by atoms with Crippen molar-refractivity contribution in [3.05, 3.63) is 33.4 Å². The summed E-state index contributed by atoms with van der Waals surface area (Å²) in [6.45, 7) is 5.18. The van der Waals surface area contributed by atoms with Gasteiger partial charge in [-0.3, -0.25) is 9.36 Å². The van der Waals surface area contributed by atoms with Crippen LogP contribution in [0.15, 0.2) is 22.6 Å². The number of rotatable bonds is 5. The summed E-state index contributed by atoms with van der Waals surface area (Å²) in [5.74, 6) is 0.861. The van der Waals surface area contributed by atoms with E-state index in [1.165, 1.54) is 16.9 Å². The SMILES string of the molecule is C=CCn1c(SC[C@H]2CCCCO2)nc2sc3c(c2c1=O)CCC3. The van der Waals surface area contributed by atoms with E-state index >= 15 is 0 Å². The largest absolute Gasteiger partial charge is 0.377 e. The molecule has 2 aromatic heterocycles. The number of hydrogen-bond acceptors (Lipinski definition) is 5. The summed E-state index contributed by atoms with van der Waals surface area (Å²) in [5, 5.41) is 1.66. The molecule has 0 bridgehead atoms. The maximum absolute atomic E-state index is 13.0. The van der Waals surface area contributed by atoms with Crippen molar-refractivity contribution < 1.29 is 4.74 Å². The minimum absolute atomic E-state index is 0.103. The monoisotopic (exact) mass is 362 g/mol. The van der Waals surface area contributed by atoms with E-state index in [0.29, 0.717) is 6.54 Å². The molecule has 1 atom stereocenters. The van der Waals surface area contributed by atoms with Crippen LogP contribution in [0.5, 0.6) is 0 Å². The lowest BCUT2D eigenvalue weighted by Crippen LogP contribution is -2.25. The quantitative estimate of drug-likeness (QED) is 0.461. The molecule has 0 radical (unpaired) electrons. The molecule has 4 nitrogen and oxygen atoms in total. The van der Waals surface area contributed by atoms with E-state index in [0.717, 1.165) is 59.8 Å². The lowest BCUT2D eigenvalue weighted by Gasteiger charge is -2.22. The zero-order valence-electron chi connectivity index (χ0n) is 13.8. The summed E-state index contributed by atoms with van der Waals surface area (Å²) in [5.41, 5.74) is 1.35. The summed E-state index contributed by atoms with van der Waals surface area (Å²) in [6, 6.07) is 0. The molecule has 0 saturated carbocycles. The van der Waals surface area contributed by atoms with E-state index < -0.39 is 0 Å². The first-order valence-electron chi connectivity index (χ1n) is 8.68. The van der Waals surface area contributed by atoms with Gasteiger partial charge in [0, 0.05) is 23.8 Å². The Morgan fingerprint density at radius 2 is 2.29 bits per heavy atom. The summed E-state index contributed by atoms with van der Waals surface area (Å²) in [6.07, 6.45) is 8.83. The second kappa shape index (κ2) is 7.02. The standard InChI is InChI=1S/C18H22N2O2S2/c1-2-9-20-17(21)15-13-7-5-8-14(13)24-16(15)19-18(20)23-11-12-6-3-4-10-22-12/h2,12H,1,3-11H2/t12-/m1/s1. The Morgan fingerprint density at radius 3 is 3.08 bits per heavy atom. The first kappa shape index (κ1) is 16.4. The van der Waals surface area contributed by atoms with Gasteiger partial charge in [0.25, 0.3) is 5.56 Å². The average molecular weight is 363 g/mol. The molecule has 2 aromatic rings. The van der Waals surface area contributed by atoms with Gasteiger partial charge in [-0.15, -0.1) is 17.9 Å². The van der Waals surface area contributed by atoms with Gasteiger partial charge >= 0.3 is 0 Å². The van der Waals surface area contributed by atoms with E-state index in [-0.39, 0.29) is 11.7 Å². The van der Waals surface area contributed by atoms with Gasteiger partial charge in [-0.25, -0.2) is 4.98 Å². The van der Waals surface area contributed by atoms with Crippen LogP contribution >= 0.6 is 23.1 Å². The minimum atomic E-state index is 0.103. The maximum atomic E-state index is 13.0. The van der Waals surface area contributed by atoms with Crippen molar-refractivity contribution in [3.8, 4) is 0 Å². The first-order valence-corrected chi connectivity index (χ1v) is 10.5. The molecular weight excluding hydrogens is 340 g/mol. The molecule has 2 aliphatic rings. The first-order chi connectivity index (χ1) is 11.8. The molecular formula is C18H22N2O2S2. The molecule has 1 saturated heterocycles. The second-order valence-corrected chi connectivity index (χ2v) is 8.51. The van der Waals surface area contributed by atoms with Crippen LogP contribution in [0.2, 0.25) is 0 Å². The topological polar surface area (TPSA) is 44.1 Å². The summed E-state index contributed by atoms with van der Waals surface area (Å²) in [4.78, 5) is 20.2. The molecule has 0 N–H and O–H groups in total. The number of nitrogens with zero attached hydrogens (tertiary/aromatic N) is 2. The Balaban J connectivity index is 1.69. The molecule has 0 unspecified atom stereocenters. The van der Waals surface area contributed by atoms with Crippen LogP contribution in [0.25, 0.3) is 10.2 Å². The van der Waals surface area contributed by atoms with E-state index in [9.17, 15) is 4.79 Å². The maximum Gasteiger partial charge on any atom is 0.263 e. The molecule has 4 rings (SSSR count). The molecule has 1 aliphatic heterocycles. The van der Waals surface area contributed by atoms with Gasteiger partial charge in [-0.1, -0.05) is 17.8 Å². The molecule has 1 aliphatic carbocycles. The van der Waals surface area contributed by atoms with Crippen molar-refractivity contribution in [1.29, 1.82) is 0 Å². The van der Waals surface area contributed by atoms with Crippen LogP contribution in [0, 0.1) is 0 Å². The minimum Gasteiger partial charge on any atom is -0.377 e. The Kier molecular flexibility index (Phi) is 4.79. The van der Waals surface area contributed by atoms with Gasteiger partial charge in [0.1, 0.15) is 4.83 Å². The predicted molar refractivity (Wildman–Crippen MR) is 100 cm³/mol. The van der Waals surface area contributed by atoms with Gasteiger partial charge in [0.2, 0.25) is 0 Å². The van der Waals surface area contributed by atoms with Crippen molar-refractivity contribution in [2.24, 2.45) is 0 Å². The Morgan fingerprint density at radius 1 is 1.38 bits per heavy atom. The highest BCUT2D eigenvalue weighted by atomic mass is 32.2. The molecule has 128 valence electrons. The summed E-state index contributed by atoms with van der Waals surface area (Å²) in [7, 11) is 0. The third-order valence-corrected chi connectivity index (χ3v) is 7.07. The van der Waals surface area contributed by atoms with Crippen molar-refractivity contribution in [2.75, 3.05) is 12.4 Å². The predicted octanol–water partition coefficient (Wildman–Crippen LogP) is 3.79. The van der Waals surface area contributed by atoms with Crippen LogP contribution in [0.1, 0.15) is 36.1 Å². The number of thioether (sulfide) groups is 1. The van der Waals surface area contributed by atoms with E-state index in [4.69, 9.17) is 9.72 Å². The van der Waals surface area contributed by atoms with Crippen LogP contribution in [-0.2, 0) is 24.1 Å². The van der Waals surface area contributed by atoms with Gasteiger partial charge in [0.05, 0.1) is 11.5 Å². The van der Waals surface area contributed by atoms with Gasteiger partial charge < -0.3 is 4.74 Å². The Labute approximate surface area is 149 Å². The van der Waals surface area contributed by atoms with Crippen molar-refractivity contribution in [3.63, 3.8) is 0 Å². The van der Waals surface area contributed by atoms with Crippen LogP contribution in [0.4, 0.5) is 0 Å². The smallest absolute Gasteiger partial charge is 0.263 e.